The Labute approximate surface area is 111 Å². The van der Waals surface area contributed by atoms with Crippen molar-refractivity contribution in [1.29, 1.82) is 0 Å². The van der Waals surface area contributed by atoms with E-state index in [1.807, 2.05) is 18.2 Å². The number of hydrogen-bond donors (Lipinski definition) is 1. The summed E-state index contributed by atoms with van der Waals surface area (Å²) in [4.78, 5) is 3.32. The lowest BCUT2D eigenvalue weighted by atomic mass is 10.3. The Morgan fingerprint density at radius 2 is 2.41 bits per heavy atom. The van der Waals surface area contributed by atoms with E-state index in [1.165, 1.54) is 0 Å². The van der Waals surface area contributed by atoms with E-state index < -0.39 is 0 Å². The lowest BCUT2D eigenvalue weighted by Crippen LogP contribution is -2.41. The summed E-state index contributed by atoms with van der Waals surface area (Å²) in [7, 11) is 2.12. The van der Waals surface area contributed by atoms with Crippen LogP contribution in [-0.4, -0.2) is 43.5 Å². The second kappa shape index (κ2) is 5.96. The van der Waals surface area contributed by atoms with E-state index in [0.717, 1.165) is 41.1 Å². The fraction of sp³-hybridized carbons (Fsp3) is 0.500. The van der Waals surface area contributed by atoms with Gasteiger partial charge in [-0.15, -0.1) is 11.8 Å². The molecule has 0 saturated carbocycles. The minimum absolute atomic E-state index is 0.275. The van der Waals surface area contributed by atoms with E-state index in [-0.39, 0.29) is 6.10 Å². The topological polar surface area (TPSA) is 38.5 Å². The van der Waals surface area contributed by atoms with E-state index in [9.17, 15) is 0 Å². The molecule has 17 heavy (non-hydrogen) atoms. The fourth-order valence-electron chi connectivity index (χ4n) is 1.78. The number of anilines is 1. The van der Waals surface area contributed by atoms with Gasteiger partial charge >= 0.3 is 0 Å². The zero-order valence-electron chi connectivity index (χ0n) is 9.86. The summed E-state index contributed by atoms with van der Waals surface area (Å²) in [5.74, 6) is 0.912. The molecule has 3 nitrogen and oxygen atoms in total. The average molecular weight is 273 g/mol. The fourth-order valence-corrected chi connectivity index (χ4v) is 3.03. The molecule has 0 spiro atoms. The van der Waals surface area contributed by atoms with Crippen molar-refractivity contribution in [2.75, 3.05) is 38.2 Å². The molecule has 1 atom stereocenters. The average Bonchev–Trinajstić information content (AvgIpc) is 2.30. The third-order valence-electron chi connectivity index (χ3n) is 2.74. The lowest BCUT2D eigenvalue weighted by Gasteiger charge is -2.29. The Morgan fingerprint density at radius 3 is 3.18 bits per heavy atom. The van der Waals surface area contributed by atoms with Crippen LogP contribution in [0.25, 0.3) is 0 Å². The summed E-state index contributed by atoms with van der Waals surface area (Å²) >= 11 is 7.66. The van der Waals surface area contributed by atoms with Crippen LogP contribution in [0.2, 0.25) is 5.02 Å². The van der Waals surface area contributed by atoms with Crippen molar-refractivity contribution in [2.24, 2.45) is 0 Å². The molecule has 1 aromatic carbocycles. The standard InChI is InChI=1S/C12H17ClN2OS/c1-15-4-5-16-10(7-15)8-17-12-6-9(13)2-3-11(12)14/h2-3,6,10H,4-5,7-8,14H2,1H3. The molecule has 2 N–H and O–H groups in total. The molecule has 1 heterocycles. The van der Waals surface area contributed by atoms with Gasteiger partial charge in [-0.1, -0.05) is 11.6 Å². The molecule has 1 fully saturated rings. The molecule has 0 aromatic heterocycles. The Kier molecular flexibility index (Phi) is 4.56. The van der Waals surface area contributed by atoms with E-state index in [4.69, 9.17) is 22.1 Å². The van der Waals surface area contributed by atoms with Gasteiger partial charge in [0.25, 0.3) is 0 Å². The van der Waals surface area contributed by atoms with E-state index in [0.29, 0.717) is 0 Å². The van der Waals surface area contributed by atoms with Crippen LogP contribution < -0.4 is 5.73 Å². The maximum atomic E-state index is 5.95. The molecular formula is C12H17ClN2OS. The molecule has 5 heteroatoms. The molecule has 0 bridgehead atoms. The maximum Gasteiger partial charge on any atom is 0.0796 e. The molecule has 1 aliphatic heterocycles. The number of nitrogens with two attached hydrogens (primary N) is 1. The highest BCUT2D eigenvalue weighted by Gasteiger charge is 2.18. The van der Waals surface area contributed by atoms with Crippen molar-refractivity contribution < 1.29 is 4.74 Å². The number of rotatable bonds is 3. The number of halogens is 1. The predicted molar refractivity (Wildman–Crippen MR) is 73.8 cm³/mol. The number of benzene rings is 1. The largest absolute Gasteiger partial charge is 0.398 e. The summed E-state index contributed by atoms with van der Waals surface area (Å²) in [5, 5.41) is 0.725. The third kappa shape index (κ3) is 3.78. The maximum absolute atomic E-state index is 5.95. The first-order chi connectivity index (χ1) is 8.15. The molecule has 1 unspecified atom stereocenters. The quantitative estimate of drug-likeness (QED) is 0.677. The van der Waals surface area contributed by atoms with Crippen LogP contribution in [0.15, 0.2) is 23.1 Å². The minimum atomic E-state index is 0.275. The van der Waals surface area contributed by atoms with Gasteiger partial charge in [-0.2, -0.15) is 0 Å². The first kappa shape index (κ1) is 13.0. The monoisotopic (exact) mass is 272 g/mol. The highest BCUT2D eigenvalue weighted by molar-refractivity contribution is 7.99. The van der Waals surface area contributed by atoms with Gasteiger partial charge < -0.3 is 15.4 Å². The first-order valence-corrected chi connectivity index (χ1v) is 6.99. The number of morpholine rings is 1. The smallest absolute Gasteiger partial charge is 0.0796 e. The van der Waals surface area contributed by atoms with Crippen LogP contribution in [0.4, 0.5) is 5.69 Å². The lowest BCUT2D eigenvalue weighted by molar-refractivity contribution is -0.00598. The molecule has 1 aromatic rings. The molecule has 1 saturated heterocycles. The predicted octanol–water partition coefficient (Wildman–Crippen LogP) is 2.34. The molecule has 2 rings (SSSR count). The second-order valence-electron chi connectivity index (χ2n) is 4.25. The Hall–Kier alpha value is -0.420. The number of likely N-dealkylation sites (N-methyl/N-ethyl adjacent to an activating group) is 1. The molecule has 0 radical (unpaired) electrons. The van der Waals surface area contributed by atoms with Gasteiger partial charge in [0, 0.05) is 34.4 Å². The van der Waals surface area contributed by atoms with Crippen molar-refractivity contribution in [3.05, 3.63) is 23.2 Å². The number of thioether (sulfide) groups is 1. The third-order valence-corrected chi connectivity index (χ3v) is 4.18. The number of hydrogen-bond acceptors (Lipinski definition) is 4. The zero-order chi connectivity index (χ0) is 12.3. The van der Waals surface area contributed by atoms with Crippen LogP contribution in [0, 0.1) is 0 Å². The Bertz CT molecular complexity index is 389. The van der Waals surface area contributed by atoms with Crippen molar-refractivity contribution in [3.63, 3.8) is 0 Å². The summed E-state index contributed by atoms with van der Waals surface area (Å²) < 4.78 is 5.70. The van der Waals surface area contributed by atoms with E-state index in [2.05, 4.69) is 11.9 Å². The normalized spacial score (nSPS) is 21.6. The minimum Gasteiger partial charge on any atom is -0.398 e. The van der Waals surface area contributed by atoms with Crippen molar-refractivity contribution in [2.45, 2.75) is 11.0 Å². The molecular weight excluding hydrogens is 256 g/mol. The number of nitrogen functional groups attached to an aromatic ring is 1. The number of ether oxygens (including phenoxy) is 1. The summed E-state index contributed by atoms with van der Waals surface area (Å²) in [6.45, 7) is 2.81. The highest BCUT2D eigenvalue weighted by Crippen LogP contribution is 2.29. The van der Waals surface area contributed by atoms with Gasteiger partial charge in [-0.05, 0) is 25.2 Å². The zero-order valence-corrected chi connectivity index (χ0v) is 11.4. The van der Waals surface area contributed by atoms with Crippen molar-refractivity contribution >= 4 is 29.1 Å². The van der Waals surface area contributed by atoms with Gasteiger partial charge in [0.1, 0.15) is 0 Å². The Morgan fingerprint density at radius 1 is 1.59 bits per heavy atom. The highest BCUT2D eigenvalue weighted by atomic mass is 35.5. The summed E-state index contributed by atoms with van der Waals surface area (Å²) in [5.41, 5.74) is 6.68. The van der Waals surface area contributed by atoms with Crippen LogP contribution in [-0.2, 0) is 4.74 Å². The molecule has 94 valence electrons. The van der Waals surface area contributed by atoms with Crippen molar-refractivity contribution in [3.8, 4) is 0 Å². The van der Waals surface area contributed by atoms with Gasteiger partial charge in [0.15, 0.2) is 0 Å². The summed E-state index contributed by atoms with van der Waals surface area (Å²) in [6, 6.07) is 5.57. The summed E-state index contributed by atoms with van der Waals surface area (Å²) in [6.07, 6.45) is 0.275. The molecule has 0 amide bonds. The number of nitrogens with zero attached hydrogens (tertiary/aromatic N) is 1. The van der Waals surface area contributed by atoms with Crippen molar-refractivity contribution in [1.82, 2.24) is 4.90 Å². The Balaban J connectivity index is 1.90. The van der Waals surface area contributed by atoms with E-state index in [1.54, 1.807) is 11.8 Å². The first-order valence-electron chi connectivity index (χ1n) is 5.63. The van der Waals surface area contributed by atoms with Crippen LogP contribution in [0.3, 0.4) is 0 Å². The van der Waals surface area contributed by atoms with Gasteiger partial charge in [0.05, 0.1) is 12.7 Å². The van der Waals surface area contributed by atoms with Crippen LogP contribution in [0.1, 0.15) is 0 Å². The molecule has 0 aliphatic carbocycles. The SMILES string of the molecule is CN1CCOC(CSc2cc(Cl)ccc2N)C1. The second-order valence-corrected chi connectivity index (χ2v) is 5.75. The van der Waals surface area contributed by atoms with Gasteiger partial charge in [0.2, 0.25) is 0 Å². The van der Waals surface area contributed by atoms with Gasteiger partial charge in [-0.3, -0.25) is 0 Å². The van der Waals surface area contributed by atoms with E-state index >= 15 is 0 Å². The van der Waals surface area contributed by atoms with Gasteiger partial charge in [-0.25, -0.2) is 0 Å². The molecule has 1 aliphatic rings. The van der Waals surface area contributed by atoms with Crippen LogP contribution >= 0.6 is 23.4 Å². The van der Waals surface area contributed by atoms with Crippen LogP contribution in [0.5, 0.6) is 0 Å².